The summed E-state index contributed by atoms with van der Waals surface area (Å²) in [5, 5.41) is 20.9. The number of aromatic nitrogens is 6. The third kappa shape index (κ3) is 94.2. The molecule has 0 unspecified atom stereocenters. The summed E-state index contributed by atoms with van der Waals surface area (Å²) in [6.07, 6.45) is 5.69. The number of ketones is 4. The van der Waals surface area contributed by atoms with Crippen molar-refractivity contribution in [3.05, 3.63) is 23.8 Å². The third-order valence-electron chi connectivity index (χ3n) is 12.6. The van der Waals surface area contributed by atoms with Crippen LogP contribution >= 0.6 is 0 Å². The maximum Gasteiger partial charge on any atom is 0.332 e. The summed E-state index contributed by atoms with van der Waals surface area (Å²) < 4.78 is 108. The zero-order valence-corrected chi connectivity index (χ0v) is 71.9. The maximum absolute atomic E-state index is 11.3. The first-order valence-corrected chi connectivity index (χ1v) is 36.3. The monoisotopic (exact) mass is 1710 g/mol. The lowest BCUT2D eigenvalue weighted by Gasteiger charge is -2.16. The van der Waals surface area contributed by atoms with Gasteiger partial charge in [0, 0.05) is 122 Å². The SMILES string of the molecule is COCCN(C)C(=O)COCC(=O)OC.COCCN(C)C(=O)COCC(C)=O.COCCNC(=O)COCC(=O)OC.COCCNC(=O)COCC(C)=O.COCCOC(=O)COCC(=O)OC.COCCOC(=O)COCC(C)=O.COCCOCCn1cc(CCC(=O)OC)nn1.COCCOCCn1cc(CCC(C)=O)nn1. The summed E-state index contributed by atoms with van der Waals surface area (Å²) >= 11 is 0. The molecular weight excluding hydrogens is 1580 g/mol. The molecule has 0 aliphatic heterocycles. The van der Waals surface area contributed by atoms with Crippen LogP contribution in [-0.2, 0) is 197 Å². The maximum atomic E-state index is 11.3. The predicted molar refractivity (Wildman–Crippen MR) is 412 cm³/mol. The predicted octanol–water partition coefficient (Wildman–Crippen LogP) is -3.07. The zero-order chi connectivity index (χ0) is 90.2. The van der Waals surface area contributed by atoms with Gasteiger partial charge in [-0.3, -0.25) is 38.4 Å². The molecule has 0 fully saturated rings. The van der Waals surface area contributed by atoms with Gasteiger partial charge in [0.25, 0.3) is 0 Å². The molecule has 0 aliphatic carbocycles. The topological polar surface area (TPSA) is 534 Å². The molecule has 2 rings (SSSR count). The van der Waals surface area contributed by atoms with E-state index >= 15 is 0 Å². The van der Waals surface area contributed by atoms with E-state index in [1.165, 1.54) is 73.2 Å². The lowest BCUT2D eigenvalue weighted by Crippen LogP contribution is -2.33. The number of carbonyl (C=O) groups is 14. The van der Waals surface area contributed by atoms with Gasteiger partial charge in [-0.2, -0.15) is 0 Å². The Hall–Kier alpha value is -8.98. The standard InChI is InChI=1S/C11H19N3O4.C11H19N3O3.C9H17NO5.C9H17NO4.C8H15NO5.C8H15NO4.C8H14O6.C8H14O5/c1-16-7-8-18-6-5-14-9-10(12-13-14)3-4-11(15)17-2;1-10(15)3-4-11-9-14(13-12-11)5-6-17-8-7-16-2;1-10(4-5-13-2)8(11)6-15-7-9(12)14-3;1-8(11)6-14-7-9(12)10(2)4-5-13-3;1-12-4-3-9-7(10)5-14-6-8(11)13-2;1-7(10)5-13-6-8(11)9-3-4-12-2;1-11-3-4-14-8(10)6-13-5-7(9)12-2;1-7(9)5-12-6-8(10)13-4-3-11-2/h9H,3-8H2,1-2H3;9H,3-8H2,1-2H3;4-7H2,1-3H3;4-7H2,1-3H3;3-6H2,1-2H3,(H,9,10);3-6H2,1-2H3,(H,9,11);3-6H2,1-2H3;3-6H2,1-2H3. The number of nitrogens with zero attached hydrogens (tertiary/aromatic N) is 8. The van der Waals surface area contributed by atoms with Crippen molar-refractivity contribution in [1.29, 1.82) is 0 Å². The third-order valence-corrected chi connectivity index (χ3v) is 12.6. The summed E-state index contributed by atoms with van der Waals surface area (Å²) in [7, 11) is 21.0. The zero-order valence-electron chi connectivity index (χ0n) is 71.9. The van der Waals surface area contributed by atoms with Crippen molar-refractivity contribution < 1.29 is 171 Å². The molecular formula is C72H130N10O36. The molecule has 46 heteroatoms. The largest absolute Gasteiger partial charge is 0.469 e. The van der Waals surface area contributed by atoms with Crippen LogP contribution in [0.15, 0.2) is 12.4 Å². The minimum absolute atomic E-state index is 0.0101. The molecule has 46 nitrogen and oxygen atoms in total. The minimum Gasteiger partial charge on any atom is -0.469 e. The van der Waals surface area contributed by atoms with Crippen molar-refractivity contribution in [2.45, 2.75) is 66.5 Å². The average molecular weight is 1710 g/mol. The first-order chi connectivity index (χ1) is 56.4. The van der Waals surface area contributed by atoms with Crippen LogP contribution in [0.2, 0.25) is 0 Å². The lowest BCUT2D eigenvalue weighted by molar-refractivity contribution is -0.155. The van der Waals surface area contributed by atoms with Crippen LogP contribution in [0.25, 0.3) is 0 Å². The van der Waals surface area contributed by atoms with Gasteiger partial charge in [0.1, 0.15) is 98.3 Å². The van der Waals surface area contributed by atoms with E-state index in [-0.39, 0.29) is 145 Å². The van der Waals surface area contributed by atoms with E-state index in [1.54, 1.807) is 73.0 Å². The number of ether oxygens (including phenoxy) is 22. The van der Waals surface area contributed by atoms with Crippen molar-refractivity contribution in [2.75, 3.05) is 297 Å². The van der Waals surface area contributed by atoms with Crippen LogP contribution in [0.5, 0.6) is 0 Å². The first-order valence-electron chi connectivity index (χ1n) is 36.3. The number of likely N-dealkylation sites (N-methyl/N-ethyl adjacent to an activating group) is 2. The highest BCUT2D eigenvalue weighted by Crippen LogP contribution is 2.01. The summed E-state index contributed by atoms with van der Waals surface area (Å²) in [6.45, 7) is 13.8. The Labute approximate surface area is 689 Å². The fourth-order valence-electron chi connectivity index (χ4n) is 6.43. The molecule has 0 aromatic carbocycles. The van der Waals surface area contributed by atoms with E-state index in [0.717, 1.165) is 11.4 Å². The van der Waals surface area contributed by atoms with Crippen molar-refractivity contribution in [3.8, 4) is 0 Å². The Morgan fingerprint density at radius 2 is 0.610 bits per heavy atom. The number of amides is 4. The quantitative estimate of drug-likeness (QED) is 0.0377. The molecule has 0 radical (unpaired) electrons. The normalized spacial score (nSPS) is 9.98. The molecule has 0 saturated carbocycles. The minimum atomic E-state index is -0.536. The Morgan fingerprint density at radius 1 is 0.314 bits per heavy atom. The van der Waals surface area contributed by atoms with Crippen molar-refractivity contribution in [2.24, 2.45) is 0 Å². The fourth-order valence-corrected chi connectivity index (χ4v) is 6.43. The highest BCUT2D eigenvalue weighted by atomic mass is 16.6. The second-order valence-corrected chi connectivity index (χ2v) is 23.0. The molecule has 2 heterocycles. The summed E-state index contributed by atoms with van der Waals surface area (Å²) in [6, 6.07) is 0. The molecule has 118 heavy (non-hydrogen) atoms. The van der Waals surface area contributed by atoms with Gasteiger partial charge < -0.3 is 129 Å². The van der Waals surface area contributed by atoms with E-state index in [0.29, 0.717) is 144 Å². The number of hydrogen-bond donors (Lipinski definition) is 2. The first kappa shape index (κ1) is 120. The summed E-state index contributed by atoms with van der Waals surface area (Å²) in [5.41, 5.74) is 1.62. The molecule has 0 atom stereocenters. The lowest BCUT2D eigenvalue weighted by atomic mass is 10.2. The highest BCUT2D eigenvalue weighted by molar-refractivity contribution is 5.81. The van der Waals surface area contributed by atoms with Gasteiger partial charge in [0.15, 0.2) is 17.3 Å². The van der Waals surface area contributed by atoms with E-state index in [2.05, 4.69) is 73.9 Å². The molecule has 684 valence electrons. The van der Waals surface area contributed by atoms with E-state index in [4.69, 9.17) is 61.6 Å². The molecule has 0 aliphatic rings. The molecule has 2 aromatic rings. The fraction of sp³-hybridized carbons (Fsp3) is 0.750. The number of hydrogen-bond acceptors (Lipinski definition) is 40. The Kier molecular flexibility index (Phi) is 91.8. The van der Waals surface area contributed by atoms with Gasteiger partial charge in [0.2, 0.25) is 23.6 Å². The molecule has 0 saturated heterocycles. The number of rotatable bonds is 60. The molecule has 0 spiro atoms. The number of aryl methyl sites for hydroxylation is 2. The number of methoxy groups -OCH3 is 12. The van der Waals surface area contributed by atoms with Crippen LogP contribution < -0.4 is 10.6 Å². The highest BCUT2D eigenvalue weighted by Gasteiger charge is 2.13. The Bertz CT molecular complexity index is 2830. The number of nitrogens with one attached hydrogen (secondary N) is 2. The van der Waals surface area contributed by atoms with Gasteiger partial charge in [0.05, 0.1) is 139 Å². The summed E-state index contributed by atoms with van der Waals surface area (Å²) in [5.74, 6) is -3.80. The van der Waals surface area contributed by atoms with Crippen LogP contribution in [0.4, 0.5) is 0 Å². The Balaban J connectivity index is -0.000000305. The molecule has 2 aromatic heterocycles. The number of esters is 6. The molecule has 4 amide bonds. The van der Waals surface area contributed by atoms with Gasteiger partial charge in [-0.05, 0) is 34.1 Å². The van der Waals surface area contributed by atoms with E-state index in [1.807, 2.05) is 12.4 Å². The van der Waals surface area contributed by atoms with Crippen LogP contribution in [-0.4, -0.2) is 420 Å². The van der Waals surface area contributed by atoms with Crippen LogP contribution in [0.1, 0.15) is 51.9 Å². The molecule has 0 bridgehead atoms. The number of Topliss-reactive ketones (excluding diaryl/α,β-unsaturated/α-hetero) is 4. The van der Waals surface area contributed by atoms with Gasteiger partial charge in [-0.15, -0.1) is 10.2 Å². The molecule has 2 N–H and O–H groups in total. The second kappa shape index (κ2) is 90.3. The second-order valence-electron chi connectivity index (χ2n) is 23.0. The van der Waals surface area contributed by atoms with Gasteiger partial charge in [-0.25, -0.2) is 33.3 Å². The van der Waals surface area contributed by atoms with Crippen LogP contribution in [0, 0.1) is 0 Å². The Morgan fingerprint density at radius 3 is 0.941 bits per heavy atom. The van der Waals surface area contributed by atoms with E-state index < -0.39 is 29.8 Å². The van der Waals surface area contributed by atoms with Crippen LogP contribution in [0.3, 0.4) is 0 Å². The van der Waals surface area contributed by atoms with Crippen molar-refractivity contribution in [1.82, 2.24) is 50.4 Å². The summed E-state index contributed by atoms with van der Waals surface area (Å²) in [4.78, 5) is 154. The van der Waals surface area contributed by atoms with Gasteiger partial charge in [-0.1, -0.05) is 10.4 Å². The van der Waals surface area contributed by atoms with Crippen molar-refractivity contribution >= 4 is 82.6 Å². The van der Waals surface area contributed by atoms with Crippen molar-refractivity contribution in [3.63, 3.8) is 0 Å². The average Bonchev–Trinajstić information content (AvgIpc) is 1.78. The number of carbonyl (C=O) groups excluding carboxylic acids is 14. The smallest absolute Gasteiger partial charge is 0.332 e. The van der Waals surface area contributed by atoms with Gasteiger partial charge >= 0.3 is 35.8 Å². The van der Waals surface area contributed by atoms with E-state index in [9.17, 15) is 67.1 Å².